The van der Waals surface area contributed by atoms with Gasteiger partial charge in [-0.25, -0.2) is 4.39 Å². The van der Waals surface area contributed by atoms with Crippen LogP contribution in [0.5, 0.6) is 0 Å². The summed E-state index contributed by atoms with van der Waals surface area (Å²) in [5.41, 5.74) is 2.16. The second-order valence-electron chi connectivity index (χ2n) is 6.90. The van der Waals surface area contributed by atoms with Gasteiger partial charge in [0.1, 0.15) is 11.9 Å². The highest BCUT2D eigenvalue weighted by molar-refractivity contribution is 6.05. The van der Waals surface area contributed by atoms with Crippen LogP contribution in [0.25, 0.3) is 0 Å². The molecule has 1 aromatic carbocycles. The number of nitrogens with zero attached hydrogens (tertiary/aromatic N) is 1. The van der Waals surface area contributed by atoms with Crippen LogP contribution in [0.4, 0.5) is 4.39 Å². The van der Waals surface area contributed by atoms with Crippen molar-refractivity contribution in [3.8, 4) is 0 Å². The first-order chi connectivity index (χ1) is 11.5. The molecule has 2 heterocycles. The van der Waals surface area contributed by atoms with E-state index in [9.17, 15) is 18.8 Å². The Kier molecular flexibility index (Phi) is 3.62. The average molecular weight is 330 g/mol. The molecule has 0 radical (unpaired) electrons. The molecule has 1 unspecified atom stereocenters. The molecule has 3 amide bonds. The van der Waals surface area contributed by atoms with Gasteiger partial charge in [-0.15, -0.1) is 0 Å². The highest BCUT2D eigenvalue weighted by Crippen LogP contribution is 2.40. The van der Waals surface area contributed by atoms with Crippen molar-refractivity contribution in [2.75, 3.05) is 0 Å². The molecule has 1 aliphatic carbocycles. The molecule has 1 aromatic rings. The number of hydrogen-bond acceptors (Lipinski definition) is 3. The van der Waals surface area contributed by atoms with Crippen LogP contribution in [0.3, 0.4) is 0 Å². The van der Waals surface area contributed by atoms with Crippen LogP contribution >= 0.6 is 0 Å². The summed E-state index contributed by atoms with van der Waals surface area (Å²) in [6.07, 6.45) is 4.83. The lowest BCUT2D eigenvalue weighted by molar-refractivity contribution is -0.136. The van der Waals surface area contributed by atoms with E-state index >= 15 is 0 Å². The fourth-order valence-corrected chi connectivity index (χ4v) is 4.25. The van der Waals surface area contributed by atoms with Gasteiger partial charge in [0.05, 0.1) is 0 Å². The molecule has 1 atom stereocenters. The third kappa shape index (κ3) is 2.41. The zero-order valence-corrected chi connectivity index (χ0v) is 13.3. The highest BCUT2D eigenvalue weighted by Gasteiger charge is 2.40. The summed E-state index contributed by atoms with van der Waals surface area (Å²) < 4.78 is 14.1. The first kappa shape index (κ1) is 15.3. The number of rotatable bonds is 2. The van der Waals surface area contributed by atoms with E-state index < -0.39 is 17.8 Å². The van der Waals surface area contributed by atoms with Gasteiger partial charge >= 0.3 is 0 Å². The van der Waals surface area contributed by atoms with E-state index in [1.54, 1.807) is 6.07 Å². The number of amides is 3. The summed E-state index contributed by atoms with van der Waals surface area (Å²) in [5.74, 6) is -1.15. The maximum Gasteiger partial charge on any atom is 0.255 e. The summed E-state index contributed by atoms with van der Waals surface area (Å²) >= 11 is 0. The highest BCUT2D eigenvalue weighted by atomic mass is 19.1. The van der Waals surface area contributed by atoms with E-state index in [4.69, 9.17) is 0 Å². The molecular weight excluding hydrogens is 311 g/mol. The van der Waals surface area contributed by atoms with E-state index in [-0.39, 0.29) is 18.2 Å². The second-order valence-corrected chi connectivity index (χ2v) is 6.90. The van der Waals surface area contributed by atoms with Crippen LogP contribution in [-0.2, 0) is 16.1 Å². The van der Waals surface area contributed by atoms with Crippen molar-refractivity contribution in [3.63, 3.8) is 0 Å². The molecule has 6 heteroatoms. The smallest absolute Gasteiger partial charge is 0.255 e. The summed E-state index contributed by atoms with van der Waals surface area (Å²) in [7, 11) is 0. The largest absolute Gasteiger partial charge is 0.322 e. The van der Waals surface area contributed by atoms with E-state index in [0.29, 0.717) is 24.4 Å². The summed E-state index contributed by atoms with van der Waals surface area (Å²) in [5, 5.41) is 2.29. The van der Waals surface area contributed by atoms with E-state index in [1.165, 1.54) is 11.0 Å². The van der Waals surface area contributed by atoms with Gasteiger partial charge in [-0.2, -0.15) is 0 Å². The van der Waals surface area contributed by atoms with Gasteiger partial charge in [0.2, 0.25) is 11.8 Å². The Morgan fingerprint density at radius 1 is 1.08 bits per heavy atom. The molecule has 3 aliphatic rings. The first-order valence-electron chi connectivity index (χ1n) is 8.51. The van der Waals surface area contributed by atoms with Gasteiger partial charge < -0.3 is 4.90 Å². The fraction of sp³-hybridized carbons (Fsp3) is 0.500. The Morgan fingerprint density at radius 3 is 2.54 bits per heavy atom. The topological polar surface area (TPSA) is 66.5 Å². The molecule has 0 spiro atoms. The molecule has 0 bridgehead atoms. The first-order valence-corrected chi connectivity index (χ1v) is 8.51. The number of halogens is 1. The number of fused-ring (bicyclic) bond motifs is 1. The van der Waals surface area contributed by atoms with Gasteiger partial charge in [0, 0.05) is 18.5 Å². The van der Waals surface area contributed by atoms with Crippen LogP contribution in [0.1, 0.15) is 65.9 Å². The number of carbonyl (C=O) groups excluding carboxylic acids is 3. The maximum absolute atomic E-state index is 14.1. The number of hydrogen-bond donors (Lipinski definition) is 1. The molecule has 1 saturated carbocycles. The lowest BCUT2D eigenvalue weighted by Crippen LogP contribution is -2.52. The molecule has 4 rings (SSSR count). The molecular formula is C18H19FN2O3. The predicted octanol–water partition coefficient (Wildman–Crippen LogP) is 2.24. The summed E-state index contributed by atoms with van der Waals surface area (Å²) in [6.45, 7) is 0.326. The molecule has 1 saturated heterocycles. The molecule has 2 fully saturated rings. The van der Waals surface area contributed by atoms with Crippen LogP contribution in [0, 0.1) is 5.82 Å². The molecule has 0 aromatic heterocycles. The van der Waals surface area contributed by atoms with Crippen LogP contribution in [0.2, 0.25) is 0 Å². The minimum absolute atomic E-state index is 0.223. The minimum atomic E-state index is -0.651. The Bertz CT molecular complexity index is 740. The van der Waals surface area contributed by atoms with Crippen molar-refractivity contribution in [1.29, 1.82) is 0 Å². The Balaban J connectivity index is 1.68. The zero-order chi connectivity index (χ0) is 16.8. The average Bonchev–Trinajstić information content (AvgIpc) is 3.17. The Morgan fingerprint density at radius 2 is 1.83 bits per heavy atom. The van der Waals surface area contributed by atoms with Crippen molar-refractivity contribution < 1.29 is 18.8 Å². The van der Waals surface area contributed by atoms with Crippen molar-refractivity contribution >= 4 is 17.7 Å². The number of imide groups is 1. The van der Waals surface area contributed by atoms with Crippen LogP contribution in [-0.4, -0.2) is 28.7 Å². The second kappa shape index (κ2) is 5.69. The summed E-state index contributed by atoms with van der Waals surface area (Å²) in [6, 6.07) is 2.18. The number of benzene rings is 1. The van der Waals surface area contributed by atoms with Crippen molar-refractivity contribution in [1.82, 2.24) is 10.2 Å². The van der Waals surface area contributed by atoms with Crippen molar-refractivity contribution in [3.05, 3.63) is 34.6 Å². The number of nitrogens with one attached hydrogen (secondary N) is 1. The number of piperidine rings is 1. The predicted molar refractivity (Wildman–Crippen MR) is 83.7 cm³/mol. The lowest BCUT2D eigenvalue weighted by atomic mass is 9.91. The van der Waals surface area contributed by atoms with E-state index in [2.05, 4.69) is 5.32 Å². The summed E-state index contributed by atoms with van der Waals surface area (Å²) in [4.78, 5) is 37.6. The van der Waals surface area contributed by atoms with Gasteiger partial charge in [-0.1, -0.05) is 12.8 Å². The Hall–Kier alpha value is -2.24. The molecule has 126 valence electrons. The number of carbonyl (C=O) groups is 3. The minimum Gasteiger partial charge on any atom is -0.322 e. The quantitative estimate of drug-likeness (QED) is 0.846. The molecule has 5 nitrogen and oxygen atoms in total. The third-order valence-electron chi connectivity index (χ3n) is 5.45. The standard InChI is InChI=1S/C18H19FN2O3/c19-11-7-12(10-3-1-2-4-10)14-9-21(18(24)13(14)8-11)15-5-6-16(22)20-17(15)23/h7-8,10,15H,1-6,9H2,(H,20,22,23). The van der Waals surface area contributed by atoms with Gasteiger partial charge in [0.25, 0.3) is 5.91 Å². The monoisotopic (exact) mass is 330 g/mol. The molecule has 24 heavy (non-hydrogen) atoms. The normalized spacial score (nSPS) is 24.5. The van der Waals surface area contributed by atoms with Gasteiger partial charge in [-0.05, 0) is 48.4 Å². The van der Waals surface area contributed by atoms with E-state index in [1.807, 2.05) is 0 Å². The van der Waals surface area contributed by atoms with E-state index in [0.717, 1.165) is 36.8 Å². The Labute approximate surface area is 139 Å². The van der Waals surface area contributed by atoms with Crippen molar-refractivity contribution in [2.24, 2.45) is 0 Å². The molecule has 1 N–H and O–H groups in total. The molecule has 2 aliphatic heterocycles. The van der Waals surface area contributed by atoms with Gasteiger partial charge in [0.15, 0.2) is 0 Å². The third-order valence-corrected chi connectivity index (χ3v) is 5.45. The SMILES string of the molecule is O=C1CCC(N2Cc3c(cc(F)cc3C3CCCC3)C2=O)C(=O)N1. The van der Waals surface area contributed by atoms with Gasteiger partial charge in [-0.3, -0.25) is 19.7 Å². The van der Waals surface area contributed by atoms with Crippen LogP contribution in [0.15, 0.2) is 12.1 Å². The maximum atomic E-state index is 14.1. The lowest BCUT2D eigenvalue weighted by Gasteiger charge is -2.29. The van der Waals surface area contributed by atoms with Crippen molar-refractivity contribution in [2.45, 2.75) is 57.0 Å². The fourth-order valence-electron chi connectivity index (χ4n) is 4.25. The zero-order valence-electron chi connectivity index (χ0n) is 13.3. The van der Waals surface area contributed by atoms with Crippen LogP contribution < -0.4 is 5.32 Å².